The van der Waals surface area contributed by atoms with E-state index in [9.17, 15) is 14.4 Å². The van der Waals surface area contributed by atoms with Crippen molar-refractivity contribution in [2.45, 2.75) is 40.0 Å². The van der Waals surface area contributed by atoms with E-state index in [2.05, 4.69) is 31.3 Å². The molecule has 2 unspecified atom stereocenters. The first-order valence-electron chi connectivity index (χ1n) is 11.1. The summed E-state index contributed by atoms with van der Waals surface area (Å²) in [5, 5.41) is 6.22. The second kappa shape index (κ2) is 8.74. The van der Waals surface area contributed by atoms with Crippen LogP contribution in [0.3, 0.4) is 0 Å². The SMILES string of the molecule is CN(C(=O)c1cccs1)c1ccccc1C(=O)OCC(=O)N/N=C1\CC2CCC1(C)C2(C)C. The van der Waals surface area contributed by atoms with Crippen LogP contribution in [0.15, 0.2) is 46.9 Å². The molecule has 174 valence electrons. The predicted molar refractivity (Wildman–Crippen MR) is 129 cm³/mol. The number of carbonyl (C=O) groups is 3. The van der Waals surface area contributed by atoms with Crippen LogP contribution < -0.4 is 10.3 Å². The molecule has 2 saturated carbocycles. The Balaban J connectivity index is 1.38. The average molecular weight is 468 g/mol. The van der Waals surface area contributed by atoms with Gasteiger partial charge in [0.1, 0.15) is 0 Å². The van der Waals surface area contributed by atoms with Gasteiger partial charge in [-0.15, -0.1) is 11.3 Å². The normalized spacial score (nSPS) is 24.0. The fraction of sp³-hybridized carbons (Fsp3) is 0.440. The number of hydrogen-bond donors (Lipinski definition) is 1. The van der Waals surface area contributed by atoms with E-state index in [4.69, 9.17) is 4.74 Å². The summed E-state index contributed by atoms with van der Waals surface area (Å²) in [7, 11) is 1.61. The van der Waals surface area contributed by atoms with E-state index in [0.717, 1.165) is 18.6 Å². The Morgan fingerprint density at radius 1 is 1.18 bits per heavy atom. The standard InChI is InChI=1S/C25H29N3O4S/c1-24(2)16-11-12-25(24,3)20(14-16)26-27-21(29)15-32-23(31)17-8-5-6-9-18(17)28(4)22(30)19-10-7-13-33-19/h5-10,13,16H,11-12,14-15H2,1-4H3,(H,27,29)/b26-20+. The van der Waals surface area contributed by atoms with Gasteiger partial charge >= 0.3 is 5.97 Å². The lowest BCUT2D eigenvalue weighted by molar-refractivity contribution is -0.124. The monoisotopic (exact) mass is 467 g/mol. The smallest absolute Gasteiger partial charge is 0.340 e. The van der Waals surface area contributed by atoms with E-state index >= 15 is 0 Å². The molecule has 1 heterocycles. The molecule has 0 aliphatic heterocycles. The van der Waals surface area contributed by atoms with Crippen molar-refractivity contribution in [2.75, 3.05) is 18.6 Å². The van der Waals surface area contributed by atoms with E-state index in [0.29, 0.717) is 16.5 Å². The molecule has 2 aliphatic carbocycles. The molecule has 8 heteroatoms. The number of para-hydroxylation sites is 1. The Morgan fingerprint density at radius 2 is 1.94 bits per heavy atom. The third-order valence-corrected chi connectivity index (χ3v) is 8.54. The molecule has 4 rings (SSSR count). The zero-order valence-electron chi connectivity index (χ0n) is 19.4. The summed E-state index contributed by atoms with van der Waals surface area (Å²) < 4.78 is 5.24. The highest BCUT2D eigenvalue weighted by molar-refractivity contribution is 7.12. The maximum Gasteiger partial charge on any atom is 0.340 e. The van der Waals surface area contributed by atoms with Crippen molar-refractivity contribution in [2.24, 2.45) is 21.8 Å². The Bertz CT molecular complexity index is 1110. The summed E-state index contributed by atoms with van der Waals surface area (Å²) >= 11 is 1.33. The molecule has 0 saturated heterocycles. The number of hydrazone groups is 1. The van der Waals surface area contributed by atoms with Gasteiger partial charge in [0.15, 0.2) is 6.61 Å². The van der Waals surface area contributed by atoms with Gasteiger partial charge in [-0.1, -0.05) is 39.0 Å². The number of nitrogens with one attached hydrogen (secondary N) is 1. The topological polar surface area (TPSA) is 88.1 Å². The van der Waals surface area contributed by atoms with E-state index in [1.54, 1.807) is 43.4 Å². The summed E-state index contributed by atoms with van der Waals surface area (Å²) in [4.78, 5) is 39.7. The molecule has 2 bridgehead atoms. The van der Waals surface area contributed by atoms with Crippen LogP contribution >= 0.6 is 11.3 Å². The average Bonchev–Trinajstić information content (AvgIpc) is 3.47. The first kappa shape index (κ1) is 23.2. The second-order valence-corrected chi connectivity index (χ2v) is 10.5. The molecule has 1 aromatic carbocycles. The van der Waals surface area contributed by atoms with Gasteiger partial charge in [0.05, 0.1) is 16.1 Å². The Morgan fingerprint density at radius 3 is 2.58 bits per heavy atom. The number of fused-ring (bicyclic) bond motifs is 2. The summed E-state index contributed by atoms with van der Waals surface area (Å²) in [6.45, 7) is 6.31. The first-order chi connectivity index (χ1) is 15.6. The highest BCUT2D eigenvalue weighted by Crippen LogP contribution is 2.63. The number of hydrogen-bond acceptors (Lipinski definition) is 6. The molecule has 7 nitrogen and oxygen atoms in total. The van der Waals surface area contributed by atoms with Crippen molar-refractivity contribution in [1.29, 1.82) is 0 Å². The highest BCUT2D eigenvalue weighted by atomic mass is 32.1. The van der Waals surface area contributed by atoms with Crippen molar-refractivity contribution in [3.8, 4) is 0 Å². The lowest BCUT2D eigenvalue weighted by atomic mass is 9.70. The number of esters is 1. The number of amides is 2. The fourth-order valence-electron chi connectivity index (χ4n) is 5.08. The molecule has 0 spiro atoms. The van der Waals surface area contributed by atoms with E-state index in [-0.39, 0.29) is 22.3 Å². The lowest BCUT2D eigenvalue weighted by Crippen LogP contribution is -2.35. The minimum Gasteiger partial charge on any atom is -0.452 e. The molecule has 1 N–H and O–H groups in total. The molecule has 2 atom stereocenters. The van der Waals surface area contributed by atoms with Crippen molar-refractivity contribution < 1.29 is 19.1 Å². The van der Waals surface area contributed by atoms with Crippen LogP contribution in [-0.2, 0) is 9.53 Å². The minimum atomic E-state index is -0.674. The second-order valence-electron chi connectivity index (χ2n) is 9.52. The van der Waals surface area contributed by atoms with Gasteiger partial charge in [0.25, 0.3) is 11.8 Å². The largest absolute Gasteiger partial charge is 0.452 e. The molecule has 0 radical (unpaired) electrons. The zero-order valence-corrected chi connectivity index (χ0v) is 20.2. The predicted octanol–water partition coefficient (Wildman–Crippen LogP) is 4.50. The Labute approximate surface area is 197 Å². The van der Waals surface area contributed by atoms with Crippen molar-refractivity contribution in [3.63, 3.8) is 0 Å². The van der Waals surface area contributed by atoms with E-state index in [1.165, 1.54) is 22.7 Å². The molecular weight excluding hydrogens is 438 g/mol. The molecule has 33 heavy (non-hydrogen) atoms. The van der Waals surface area contributed by atoms with Crippen molar-refractivity contribution >= 4 is 40.5 Å². The maximum atomic E-state index is 12.7. The summed E-state index contributed by atoms with van der Waals surface area (Å²) in [6.07, 6.45) is 3.15. The molecule has 2 aromatic rings. The third-order valence-electron chi connectivity index (χ3n) is 7.68. The molecule has 1 aromatic heterocycles. The van der Waals surface area contributed by atoms with Crippen LogP contribution in [0.25, 0.3) is 0 Å². The van der Waals surface area contributed by atoms with Gasteiger partial charge in [0.2, 0.25) is 0 Å². The number of anilines is 1. The lowest BCUT2D eigenvalue weighted by Gasteiger charge is -2.34. The Kier molecular flexibility index (Phi) is 6.14. The van der Waals surface area contributed by atoms with Gasteiger partial charge in [-0.3, -0.25) is 9.59 Å². The first-order valence-corrected chi connectivity index (χ1v) is 12.0. The summed E-state index contributed by atoms with van der Waals surface area (Å²) in [5.74, 6) is -0.796. The van der Waals surface area contributed by atoms with Gasteiger partial charge in [-0.05, 0) is 54.2 Å². The number of carbonyl (C=O) groups excluding carboxylic acids is 3. The molecule has 2 amide bonds. The fourth-order valence-corrected chi connectivity index (χ4v) is 5.78. The van der Waals surface area contributed by atoms with E-state index < -0.39 is 18.5 Å². The summed E-state index contributed by atoms with van der Waals surface area (Å²) in [6, 6.07) is 10.2. The summed E-state index contributed by atoms with van der Waals surface area (Å²) in [5.41, 5.74) is 4.36. The van der Waals surface area contributed by atoms with Gasteiger partial charge in [-0.2, -0.15) is 5.10 Å². The molecule has 2 aliphatic rings. The molecule has 2 fully saturated rings. The van der Waals surface area contributed by atoms with Gasteiger partial charge in [-0.25, -0.2) is 10.2 Å². The number of ether oxygens (including phenoxy) is 1. The minimum absolute atomic E-state index is 0.0136. The quantitative estimate of drug-likeness (QED) is 0.500. The van der Waals surface area contributed by atoms with Crippen molar-refractivity contribution in [3.05, 3.63) is 52.2 Å². The maximum absolute atomic E-state index is 12.7. The molecular formula is C25H29N3O4S. The Hall–Kier alpha value is -3.00. The number of benzene rings is 1. The van der Waals surface area contributed by atoms with Crippen LogP contribution in [0.4, 0.5) is 5.69 Å². The highest BCUT2D eigenvalue weighted by Gasteiger charge is 2.60. The van der Waals surface area contributed by atoms with Crippen molar-refractivity contribution in [1.82, 2.24) is 5.43 Å². The third kappa shape index (κ3) is 4.08. The van der Waals surface area contributed by atoms with Crippen LogP contribution in [0.5, 0.6) is 0 Å². The van der Waals surface area contributed by atoms with Gasteiger partial charge < -0.3 is 9.64 Å². The van der Waals surface area contributed by atoms with Crippen LogP contribution in [0.1, 0.15) is 60.1 Å². The zero-order chi connectivity index (χ0) is 23.8. The number of rotatable bonds is 6. The van der Waals surface area contributed by atoms with Crippen LogP contribution in [-0.4, -0.2) is 37.1 Å². The number of nitrogens with zero attached hydrogens (tertiary/aromatic N) is 2. The van der Waals surface area contributed by atoms with Gasteiger partial charge in [0, 0.05) is 18.2 Å². The van der Waals surface area contributed by atoms with Crippen LogP contribution in [0.2, 0.25) is 0 Å². The van der Waals surface area contributed by atoms with Crippen LogP contribution in [0, 0.1) is 16.7 Å². The number of thiophene rings is 1. The van der Waals surface area contributed by atoms with E-state index in [1.807, 2.05) is 5.38 Å².